The molecule has 7 heavy (non-hydrogen) atoms. The third-order valence-corrected chi connectivity index (χ3v) is 1.82. The van der Waals surface area contributed by atoms with Crippen molar-refractivity contribution in [1.29, 1.82) is 0 Å². The molecule has 2 nitrogen and oxygen atoms in total. The van der Waals surface area contributed by atoms with Crippen LogP contribution in [0.4, 0.5) is 0 Å². The lowest BCUT2D eigenvalue weighted by molar-refractivity contribution is -0.488. The summed E-state index contributed by atoms with van der Waals surface area (Å²) in [5, 5.41) is 0. The molecule has 2 aliphatic rings. The van der Waals surface area contributed by atoms with Crippen LogP contribution in [0.5, 0.6) is 0 Å². The molecule has 1 aliphatic heterocycles. The van der Waals surface area contributed by atoms with Crippen LogP contribution in [0.15, 0.2) is 0 Å². The molecule has 0 N–H and O–H groups in total. The Morgan fingerprint density at radius 3 is 2.00 bits per heavy atom. The first-order valence-electron chi connectivity index (χ1n) is 2.72. The van der Waals surface area contributed by atoms with E-state index in [4.69, 9.17) is 4.89 Å². The third-order valence-electron chi connectivity index (χ3n) is 1.82. The molecule has 2 rings (SSSR count). The number of hydrogen-bond acceptors (Lipinski definition) is 2. The van der Waals surface area contributed by atoms with Gasteiger partial charge in [0.1, 0.15) is 12.2 Å². The molecule has 0 aromatic heterocycles. The Hall–Kier alpha value is -0.0800. The zero-order chi connectivity index (χ0) is 4.74. The predicted octanol–water partition coefficient (Wildman–Crippen LogP) is 0.871. The molecule has 1 saturated heterocycles. The first-order valence-corrected chi connectivity index (χ1v) is 2.72. The maximum atomic E-state index is 4.85. The van der Waals surface area contributed by atoms with Gasteiger partial charge in [-0.2, -0.15) is 0 Å². The van der Waals surface area contributed by atoms with Gasteiger partial charge in [0.2, 0.25) is 0 Å². The van der Waals surface area contributed by atoms with Crippen LogP contribution in [-0.2, 0) is 9.78 Å². The summed E-state index contributed by atoms with van der Waals surface area (Å²) in [4.78, 5) is 9.43. The van der Waals surface area contributed by atoms with E-state index in [2.05, 4.69) is 4.89 Å². The summed E-state index contributed by atoms with van der Waals surface area (Å²) in [6.07, 6.45) is 3.75. The van der Waals surface area contributed by atoms with Crippen molar-refractivity contribution in [1.82, 2.24) is 0 Å². The van der Waals surface area contributed by atoms with E-state index in [0.29, 0.717) is 0 Å². The van der Waals surface area contributed by atoms with Crippen LogP contribution in [0.2, 0.25) is 0 Å². The van der Waals surface area contributed by atoms with Crippen molar-refractivity contribution >= 4 is 0 Å². The second kappa shape index (κ2) is 1.01. The van der Waals surface area contributed by atoms with Crippen molar-refractivity contribution in [3.8, 4) is 0 Å². The Morgan fingerprint density at radius 1 is 1.29 bits per heavy atom. The lowest BCUT2D eigenvalue weighted by Crippen LogP contribution is -2.52. The van der Waals surface area contributed by atoms with E-state index < -0.39 is 0 Å². The molecule has 2 heteroatoms. The summed E-state index contributed by atoms with van der Waals surface area (Å²) in [7, 11) is 0. The van der Waals surface area contributed by atoms with Gasteiger partial charge in [0, 0.05) is 0 Å². The molecule has 0 bridgehead atoms. The Balaban J connectivity index is 2.00. The molecule has 0 aromatic carbocycles. The molecular formula is C5H8O2. The highest BCUT2D eigenvalue weighted by Gasteiger charge is 2.46. The molecule has 40 valence electrons. The number of rotatable bonds is 0. The van der Waals surface area contributed by atoms with Crippen LogP contribution in [0.25, 0.3) is 0 Å². The highest BCUT2D eigenvalue weighted by Crippen LogP contribution is 2.41. The van der Waals surface area contributed by atoms with Crippen LogP contribution in [-0.4, -0.2) is 12.2 Å². The second-order valence-corrected chi connectivity index (χ2v) is 2.38. The fourth-order valence-electron chi connectivity index (χ4n) is 1.02. The lowest BCUT2D eigenvalue weighted by Gasteiger charge is -2.46. The zero-order valence-electron chi connectivity index (χ0n) is 4.14. The normalized spacial score (nSPS) is 34.3. The van der Waals surface area contributed by atoms with Gasteiger partial charge >= 0.3 is 0 Å². The van der Waals surface area contributed by atoms with E-state index in [-0.39, 0.29) is 5.60 Å². The molecule has 0 unspecified atom stereocenters. The zero-order valence-corrected chi connectivity index (χ0v) is 4.14. The van der Waals surface area contributed by atoms with Gasteiger partial charge in [0.15, 0.2) is 0 Å². The van der Waals surface area contributed by atoms with Gasteiger partial charge in [0.25, 0.3) is 0 Å². The lowest BCUT2D eigenvalue weighted by atomic mass is 9.80. The number of hydrogen-bond donors (Lipinski definition) is 0. The smallest absolute Gasteiger partial charge is 0.130 e. The Labute approximate surface area is 42.3 Å². The Kier molecular flexibility index (Phi) is 0.557. The maximum absolute atomic E-state index is 4.85. The van der Waals surface area contributed by atoms with Crippen LogP contribution in [0, 0.1) is 0 Å². The van der Waals surface area contributed by atoms with E-state index in [1.165, 1.54) is 19.3 Å². The molecule has 2 fully saturated rings. The fraction of sp³-hybridized carbons (Fsp3) is 1.00. The van der Waals surface area contributed by atoms with Crippen LogP contribution in [0.3, 0.4) is 0 Å². The Morgan fingerprint density at radius 2 is 2.00 bits per heavy atom. The molecule has 1 saturated carbocycles. The summed E-state index contributed by atoms with van der Waals surface area (Å²) in [6, 6.07) is 0. The predicted molar refractivity (Wildman–Crippen MR) is 23.6 cm³/mol. The Bertz CT molecular complexity index is 66.6. The minimum absolute atomic E-state index is 0.222. The van der Waals surface area contributed by atoms with Gasteiger partial charge < -0.3 is 0 Å². The van der Waals surface area contributed by atoms with E-state index >= 15 is 0 Å². The SMILES string of the molecule is C1CC2(C1)COO2. The van der Waals surface area contributed by atoms with Crippen molar-refractivity contribution in [3.05, 3.63) is 0 Å². The monoisotopic (exact) mass is 100 g/mol. The van der Waals surface area contributed by atoms with Gasteiger partial charge in [0.05, 0.1) is 0 Å². The molecule has 0 aromatic rings. The van der Waals surface area contributed by atoms with Crippen molar-refractivity contribution in [2.45, 2.75) is 24.9 Å². The average molecular weight is 100 g/mol. The van der Waals surface area contributed by atoms with Gasteiger partial charge in [-0.25, -0.2) is 9.78 Å². The highest BCUT2D eigenvalue weighted by molar-refractivity contribution is 4.91. The molecular weight excluding hydrogens is 92.1 g/mol. The molecule has 1 heterocycles. The molecule has 0 radical (unpaired) electrons. The van der Waals surface area contributed by atoms with Crippen LogP contribution < -0.4 is 0 Å². The second-order valence-electron chi connectivity index (χ2n) is 2.38. The van der Waals surface area contributed by atoms with Gasteiger partial charge in [-0.1, -0.05) is 0 Å². The van der Waals surface area contributed by atoms with E-state index in [1.54, 1.807) is 0 Å². The summed E-state index contributed by atoms with van der Waals surface area (Å²) in [6.45, 7) is 0.840. The van der Waals surface area contributed by atoms with Crippen LogP contribution >= 0.6 is 0 Å². The summed E-state index contributed by atoms with van der Waals surface area (Å²) < 4.78 is 0. The fourth-order valence-corrected chi connectivity index (χ4v) is 1.02. The summed E-state index contributed by atoms with van der Waals surface area (Å²) >= 11 is 0. The van der Waals surface area contributed by atoms with Gasteiger partial charge in [-0.3, -0.25) is 0 Å². The third kappa shape index (κ3) is 0.359. The van der Waals surface area contributed by atoms with E-state index in [1.807, 2.05) is 0 Å². The van der Waals surface area contributed by atoms with E-state index in [0.717, 1.165) is 6.61 Å². The van der Waals surface area contributed by atoms with Crippen molar-refractivity contribution in [3.63, 3.8) is 0 Å². The van der Waals surface area contributed by atoms with Crippen LogP contribution in [0.1, 0.15) is 19.3 Å². The van der Waals surface area contributed by atoms with Gasteiger partial charge in [-0.05, 0) is 19.3 Å². The quantitative estimate of drug-likeness (QED) is 0.420. The summed E-state index contributed by atoms with van der Waals surface area (Å²) in [5.74, 6) is 0. The minimum Gasteiger partial charge on any atom is -0.233 e. The topological polar surface area (TPSA) is 18.5 Å². The molecule has 0 atom stereocenters. The maximum Gasteiger partial charge on any atom is 0.130 e. The molecule has 1 aliphatic carbocycles. The first kappa shape index (κ1) is 3.87. The molecule has 0 amide bonds. The highest BCUT2D eigenvalue weighted by atomic mass is 17.2. The van der Waals surface area contributed by atoms with Crippen molar-refractivity contribution in [2.75, 3.05) is 6.61 Å². The molecule has 1 spiro atoms. The summed E-state index contributed by atoms with van der Waals surface area (Å²) in [5.41, 5.74) is 0.222. The van der Waals surface area contributed by atoms with Gasteiger partial charge in [-0.15, -0.1) is 0 Å². The minimum atomic E-state index is 0.222. The average Bonchev–Trinajstić information content (AvgIpc) is 1.20. The van der Waals surface area contributed by atoms with E-state index in [9.17, 15) is 0 Å². The largest absolute Gasteiger partial charge is 0.233 e. The standard InChI is InChI=1S/C5H8O2/c1-2-5(3-1)4-6-7-5/h1-4H2. The first-order chi connectivity index (χ1) is 3.41. The van der Waals surface area contributed by atoms with Crippen molar-refractivity contribution < 1.29 is 9.78 Å². The van der Waals surface area contributed by atoms with Crippen molar-refractivity contribution in [2.24, 2.45) is 0 Å².